The second-order valence-corrected chi connectivity index (χ2v) is 3.20. The Bertz CT molecular complexity index is 241. The van der Waals surface area contributed by atoms with E-state index in [1.54, 1.807) is 0 Å². The molecule has 0 aliphatic carbocycles. The van der Waals surface area contributed by atoms with E-state index in [1.165, 1.54) is 5.56 Å². The molecule has 0 amide bonds. The number of benzene rings is 1. The van der Waals surface area contributed by atoms with E-state index in [2.05, 4.69) is 36.2 Å². The molecule has 1 unspecified atom stereocenters. The molecule has 0 saturated heterocycles. The molecule has 0 fully saturated rings. The first-order valence-electron chi connectivity index (χ1n) is 4.69. The predicted octanol–water partition coefficient (Wildman–Crippen LogP) is 2.39. The van der Waals surface area contributed by atoms with E-state index in [1.807, 2.05) is 19.2 Å². The lowest BCUT2D eigenvalue weighted by Gasteiger charge is -2.13. The van der Waals surface area contributed by atoms with E-state index in [9.17, 15) is 0 Å². The van der Waals surface area contributed by atoms with Crippen molar-refractivity contribution in [3.63, 3.8) is 0 Å². The van der Waals surface area contributed by atoms with E-state index >= 15 is 0 Å². The Kier molecular flexibility index (Phi) is 4.27. The lowest BCUT2D eigenvalue weighted by Crippen LogP contribution is -2.26. The van der Waals surface area contributed by atoms with Crippen molar-refractivity contribution in [3.05, 3.63) is 48.6 Å². The highest BCUT2D eigenvalue weighted by atomic mass is 14.9. The average Bonchev–Trinajstić information content (AvgIpc) is 2.19. The zero-order valence-corrected chi connectivity index (χ0v) is 8.16. The van der Waals surface area contributed by atoms with Gasteiger partial charge in [0.1, 0.15) is 0 Å². The number of rotatable bonds is 5. The first kappa shape index (κ1) is 10.0. The summed E-state index contributed by atoms with van der Waals surface area (Å²) in [5, 5.41) is 3.28. The molecule has 1 aromatic carbocycles. The fourth-order valence-corrected chi connectivity index (χ4v) is 1.40. The van der Waals surface area contributed by atoms with Gasteiger partial charge in [0.15, 0.2) is 0 Å². The van der Waals surface area contributed by atoms with Crippen molar-refractivity contribution in [1.82, 2.24) is 5.32 Å². The summed E-state index contributed by atoms with van der Waals surface area (Å²) in [5.74, 6) is 0. The first-order valence-corrected chi connectivity index (χ1v) is 4.69. The van der Waals surface area contributed by atoms with Crippen LogP contribution < -0.4 is 5.32 Å². The summed E-state index contributed by atoms with van der Waals surface area (Å²) in [5.41, 5.74) is 1.38. The molecule has 0 bridgehead atoms. The van der Waals surface area contributed by atoms with Crippen LogP contribution in [0.3, 0.4) is 0 Å². The Balaban J connectivity index is 2.51. The second kappa shape index (κ2) is 5.55. The predicted molar refractivity (Wildman–Crippen MR) is 57.8 cm³/mol. The van der Waals surface area contributed by atoms with Crippen molar-refractivity contribution in [2.45, 2.75) is 18.9 Å². The molecule has 1 rings (SSSR count). The Morgan fingerprint density at radius 3 is 2.62 bits per heavy atom. The SMILES string of the molecule is C=CCC(Cc1ccccc1)NC. The Labute approximate surface area is 80.5 Å². The van der Waals surface area contributed by atoms with Crippen LogP contribution in [0.2, 0.25) is 0 Å². The lowest BCUT2D eigenvalue weighted by atomic mass is 10.0. The summed E-state index contributed by atoms with van der Waals surface area (Å²) in [6.07, 6.45) is 4.05. The minimum absolute atomic E-state index is 0.514. The number of hydrogen-bond donors (Lipinski definition) is 1. The topological polar surface area (TPSA) is 12.0 Å². The highest BCUT2D eigenvalue weighted by Crippen LogP contribution is 2.05. The highest BCUT2D eigenvalue weighted by Gasteiger charge is 2.03. The molecule has 1 atom stereocenters. The van der Waals surface area contributed by atoms with Crippen molar-refractivity contribution in [2.75, 3.05) is 7.05 Å². The summed E-state index contributed by atoms with van der Waals surface area (Å²) >= 11 is 0. The van der Waals surface area contributed by atoms with Crippen LogP contribution in [-0.4, -0.2) is 13.1 Å². The number of hydrogen-bond acceptors (Lipinski definition) is 1. The normalized spacial score (nSPS) is 12.4. The van der Waals surface area contributed by atoms with Gasteiger partial charge in [0.05, 0.1) is 0 Å². The van der Waals surface area contributed by atoms with E-state index in [-0.39, 0.29) is 0 Å². The van der Waals surface area contributed by atoms with Crippen LogP contribution in [0.4, 0.5) is 0 Å². The van der Waals surface area contributed by atoms with Gasteiger partial charge in [-0.25, -0.2) is 0 Å². The zero-order valence-electron chi connectivity index (χ0n) is 8.16. The number of likely N-dealkylation sites (N-methyl/N-ethyl adjacent to an activating group) is 1. The van der Waals surface area contributed by atoms with Gasteiger partial charge in [0, 0.05) is 6.04 Å². The van der Waals surface area contributed by atoms with Gasteiger partial charge in [0.25, 0.3) is 0 Å². The summed E-state index contributed by atoms with van der Waals surface area (Å²) in [4.78, 5) is 0. The molecule has 0 radical (unpaired) electrons. The Morgan fingerprint density at radius 1 is 1.38 bits per heavy atom. The fourth-order valence-electron chi connectivity index (χ4n) is 1.40. The van der Waals surface area contributed by atoms with E-state index in [4.69, 9.17) is 0 Å². The standard InChI is InChI=1S/C12H17N/c1-3-7-12(13-2)10-11-8-5-4-6-9-11/h3-6,8-9,12-13H,1,7,10H2,2H3. The van der Waals surface area contributed by atoms with Gasteiger partial charge in [0.2, 0.25) is 0 Å². The van der Waals surface area contributed by atoms with Crippen molar-refractivity contribution in [2.24, 2.45) is 0 Å². The monoisotopic (exact) mass is 175 g/mol. The van der Waals surface area contributed by atoms with Crippen molar-refractivity contribution in [3.8, 4) is 0 Å². The molecule has 0 spiro atoms. The van der Waals surface area contributed by atoms with E-state index in [0.717, 1.165) is 12.8 Å². The van der Waals surface area contributed by atoms with Crippen LogP contribution in [0.25, 0.3) is 0 Å². The smallest absolute Gasteiger partial charge is 0.0139 e. The van der Waals surface area contributed by atoms with Crippen molar-refractivity contribution < 1.29 is 0 Å². The first-order chi connectivity index (χ1) is 6.36. The molecule has 1 N–H and O–H groups in total. The Morgan fingerprint density at radius 2 is 2.08 bits per heavy atom. The van der Waals surface area contributed by atoms with Crippen LogP contribution in [0.5, 0.6) is 0 Å². The van der Waals surface area contributed by atoms with Gasteiger partial charge in [-0.2, -0.15) is 0 Å². The summed E-state index contributed by atoms with van der Waals surface area (Å²) in [6, 6.07) is 11.0. The molecule has 0 aliphatic heterocycles. The van der Waals surface area contributed by atoms with Gasteiger partial charge < -0.3 is 5.32 Å². The van der Waals surface area contributed by atoms with Gasteiger partial charge in [-0.05, 0) is 25.5 Å². The quantitative estimate of drug-likeness (QED) is 0.678. The summed E-state index contributed by atoms with van der Waals surface area (Å²) < 4.78 is 0. The second-order valence-electron chi connectivity index (χ2n) is 3.20. The van der Waals surface area contributed by atoms with Crippen LogP contribution in [0.15, 0.2) is 43.0 Å². The van der Waals surface area contributed by atoms with Gasteiger partial charge in [-0.1, -0.05) is 36.4 Å². The minimum Gasteiger partial charge on any atom is -0.316 e. The molecule has 1 heteroatoms. The van der Waals surface area contributed by atoms with Gasteiger partial charge in [-0.15, -0.1) is 6.58 Å². The molecule has 0 aromatic heterocycles. The molecule has 0 aliphatic rings. The van der Waals surface area contributed by atoms with E-state index in [0.29, 0.717) is 6.04 Å². The zero-order chi connectivity index (χ0) is 9.52. The largest absolute Gasteiger partial charge is 0.316 e. The summed E-state index contributed by atoms with van der Waals surface area (Å²) in [6.45, 7) is 3.75. The van der Waals surface area contributed by atoms with Gasteiger partial charge in [-0.3, -0.25) is 0 Å². The molecule has 70 valence electrons. The molecular weight excluding hydrogens is 158 g/mol. The fraction of sp³-hybridized carbons (Fsp3) is 0.333. The Hall–Kier alpha value is -1.08. The third-order valence-electron chi connectivity index (χ3n) is 2.18. The van der Waals surface area contributed by atoms with Crippen molar-refractivity contribution >= 4 is 0 Å². The average molecular weight is 175 g/mol. The molecular formula is C12H17N. The maximum Gasteiger partial charge on any atom is 0.0139 e. The van der Waals surface area contributed by atoms with Crippen LogP contribution >= 0.6 is 0 Å². The molecule has 0 heterocycles. The van der Waals surface area contributed by atoms with Gasteiger partial charge >= 0.3 is 0 Å². The highest BCUT2D eigenvalue weighted by molar-refractivity contribution is 5.16. The lowest BCUT2D eigenvalue weighted by molar-refractivity contribution is 0.566. The third kappa shape index (κ3) is 3.43. The van der Waals surface area contributed by atoms with E-state index < -0.39 is 0 Å². The van der Waals surface area contributed by atoms with Crippen LogP contribution in [0.1, 0.15) is 12.0 Å². The maximum absolute atomic E-state index is 3.75. The molecule has 13 heavy (non-hydrogen) atoms. The maximum atomic E-state index is 3.75. The molecule has 0 saturated carbocycles. The van der Waals surface area contributed by atoms with Crippen LogP contribution in [-0.2, 0) is 6.42 Å². The molecule has 1 aromatic rings. The third-order valence-corrected chi connectivity index (χ3v) is 2.18. The number of nitrogens with one attached hydrogen (secondary N) is 1. The minimum atomic E-state index is 0.514. The molecule has 1 nitrogen and oxygen atoms in total. The summed E-state index contributed by atoms with van der Waals surface area (Å²) in [7, 11) is 2.00. The van der Waals surface area contributed by atoms with Crippen LogP contribution in [0, 0.1) is 0 Å². The van der Waals surface area contributed by atoms with Crippen molar-refractivity contribution in [1.29, 1.82) is 0 Å².